The summed E-state index contributed by atoms with van der Waals surface area (Å²) in [6.07, 6.45) is 1.50. The molecule has 0 aliphatic rings. The predicted octanol–water partition coefficient (Wildman–Crippen LogP) is 3.61. The van der Waals surface area contributed by atoms with Crippen LogP contribution in [0.5, 0.6) is 5.75 Å². The lowest BCUT2D eigenvalue weighted by Crippen LogP contribution is -2.01. The molecular formula is C20H17N3O5S. The van der Waals surface area contributed by atoms with Crippen molar-refractivity contribution in [1.29, 1.82) is 0 Å². The molecule has 0 saturated heterocycles. The molecule has 29 heavy (non-hydrogen) atoms. The van der Waals surface area contributed by atoms with Gasteiger partial charge in [-0.2, -0.15) is 0 Å². The number of H-pyrrole nitrogens is 1. The molecule has 0 saturated carbocycles. The van der Waals surface area contributed by atoms with E-state index in [2.05, 4.69) is 15.2 Å². The average molecular weight is 411 g/mol. The van der Waals surface area contributed by atoms with Gasteiger partial charge in [-0.05, 0) is 48.5 Å². The number of aryl methyl sites for hydroxylation is 1. The Morgan fingerprint density at radius 2 is 1.86 bits per heavy atom. The molecule has 0 aliphatic carbocycles. The van der Waals surface area contributed by atoms with Gasteiger partial charge in [-0.3, -0.25) is 5.10 Å². The molecule has 3 rings (SSSR count). The number of ether oxygens (including phenoxy) is 1. The van der Waals surface area contributed by atoms with Crippen molar-refractivity contribution in [2.75, 3.05) is 0 Å². The molecule has 0 aliphatic heterocycles. The minimum atomic E-state index is -1.10. The van der Waals surface area contributed by atoms with Crippen LogP contribution >= 0.6 is 11.8 Å². The van der Waals surface area contributed by atoms with Crippen LogP contribution in [0.1, 0.15) is 27.3 Å². The van der Waals surface area contributed by atoms with Gasteiger partial charge in [0.25, 0.3) is 0 Å². The fourth-order valence-corrected chi connectivity index (χ4v) is 3.12. The number of aliphatic carboxylic acids is 1. The van der Waals surface area contributed by atoms with Crippen molar-refractivity contribution in [2.24, 2.45) is 0 Å². The summed E-state index contributed by atoms with van der Waals surface area (Å²) in [4.78, 5) is 26.7. The maximum absolute atomic E-state index is 11.6. The lowest BCUT2D eigenvalue weighted by Gasteiger charge is -2.10. The molecule has 1 aromatic heterocycles. The number of hydrogen-bond acceptors (Lipinski definition) is 6. The number of aromatic carboxylic acids is 1. The standard InChI is InChI=1S/C20H17N3O5S/c1-12-21-20(23-22-12)29-17(19(26)27)10-15-4-2-3-5-16(15)28-11-13-6-8-14(9-7-13)18(24)25/h2-10H,11H2,1H3,(H,24,25)(H,26,27)(H,21,22,23). The van der Waals surface area contributed by atoms with Gasteiger partial charge in [0, 0.05) is 5.56 Å². The third-order valence-electron chi connectivity index (χ3n) is 3.79. The summed E-state index contributed by atoms with van der Waals surface area (Å²) in [5.74, 6) is -1.00. The Labute approximate surface area is 170 Å². The third-order valence-corrected chi connectivity index (χ3v) is 4.67. The lowest BCUT2D eigenvalue weighted by molar-refractivity contribution is -0.131. The molecular weight excluding hydrogens is 394 g/mol. The van der Waals surface area contributed by atoms with Crippen molar-refractivity contribution < 1.29 is 24.5 Å². The maximum Gasteiger partial charge on any atom is 0.342 e. The van der Waals surface area contributed by atoms with Gasteiger partial charge < -0.3 is 14.9 Å². The molecule has 2 aromatic carbocycles. The monoisotopic (exact) mass is 411 g/mol. The Hall–Kier alpha value is -3.59. The van der Waals surface area contributed by atoms with E-state index in [-0.39, 0.29) is 17.1 Å². The van der Waals surface area contributed by atoms with E-state index >= 15 is 0 Å². The minimum absolute atomic E-state index is 0.0471. The second-order valence-corrected chi connectivity index (χ2v) is 6.96. The van der Waals surface area contributed by atoms with E-state index < -0.39 is 11.9 Å². The number of thioether (sulfide) groups is 1. The molecule has 9 heteroatoms. The van der Waals surface area contributed by atoms with E-state index in [1.54, 1.807) is 43.3 Å². The zero-order chi connectivity index (χ0) is 20.8. The number of nitrogens with zero attached hydrogens (tertiary/aromatic N) is 2. The smallest absolute Gasteiger partial charge is 0.342 e. The van der Waals surface area contributed by atoms with Gasteiger partial charge in [0.05, 0.1) is 5.56 Å². The van der Waals surface area contributed by atoms with Gasteiger partial charge in [0.2, 0.25) is 5.16 Å². The number of nitrogens with one attached hydrogen (secondary N) is 1. The van der Waals surface area contributed by atoms with E-state index in [1.807, 2.05) is 0 Å². The average Bonchev–Trinajstić information content (AvgIpc) is 3.11. The van der Waals surface area contributed by atoms with Crippen molar-refractivity contribution >= 4 is 29.8 Å². The van der Waals surface area contributed by atoms with Gasteiger partial charge in [-0.25, -0.2) is 14.6 Å². The zero-order valence-electron chi connectivity index (χ0n) is 15.3. The van der Waals surface area contributed by atoms with Gasteiger partial charge in [-0.1, -0.05) is 30.3 Å². The van der Waals surface area contributed by atoms with Gasteiger partial charge in [0.15, 0.2) is 0 Å². The number of carbonyl (C=O) groups is 2. The number of benzene rings is 2. The van der Waals surface area contributed by atoms with Crippen LogP contribution in [0, 0.1) is 6.92 Å². The van der Waals surface area contributed by atoms with Crippen LogP contribution in [-0.2, 0) is 11.4 Å². The van der Waals surface area contributed by atoms with E-state index in [9.17, 15) is 14.7 Å². The van der Waals surface area contributed by atoms with Crippen LogP contribution in [0.15, 0.2) is 58.6 Å². The number of aromatic nitrogens is 3. The van der Waals surface area contributed by atoms with Crippen LogP contribution in [0.2, 0.25) is 0 Å². The van der Waals surface area contributed by atoms with Gasteiger partial charge in [0.1, 0.15) is 23.1 Å². The maximum atomic E-state index is 11.6. The van der Waals surface area contributed by atoms with Crippen LogP contribution in [-0.4, -0.2) is 37.3 Å². The molecule has 3 aromatic rings. The summed E-state index contributed by atoms with van der Waals surface area (Å²) >= 11 is 0.937. The first-order chi connectivity index (χ1) is 13.9. The summed E-state index contributed by atoms with van der Waals surface area (Å²) in [7, 11) is 0. The first-order valence-corrected chi connectivity index (χ1v) is 9.30. The summed E-state index contributed by atoms with van der Waals surface area (Å²) < 4.78 is 5.83. The highest BCUT2D eigenvalue weighted by molar-refractivity contribution is 8.04. The largest absolute Gasteiger partial charge is 0.488 e. The van der Waals surface area contributed by atoms with Crippen molar-refractivity contribution in [1.82, 2.24) is 15.2 Å². The number of aromatic amines is 1. The van der Waals surface area contributed by atoms with Crippen LogP contribution in [0.25, 0.3) is 6.08 Å². The normalized spacial score (nSPS) is 11.3. The second kappa shape index (κ2) is 9.07. The quantitative estimate of drug-likeness (QED) is 0.379. The number of para-hydroxylation sites is 1. The molecule has 0 amide bonds. The first-order valence-electron chi connectivity index (χ1n) is 8.48. The van der Waals surface area contributed by atoms with Gasteiger partial charge >= 0.3 is 11.9 Å². The second-order valence-electron chi connectivity index (χ2n) is 5.95. The predicted molar refractivity (Wildman–Crippen MR) is 107 cm³/mol. The Balaban J connectivity index is 1.78. The Kier molecular flexibility index (Phi) is 6.30. The first kappa shape index (κ1) is 20.2. The number of rotatable bonds is 8. The van der Waals surface area contributed by atoms with E-state index in [0.29, 0.717) is 22.3 Å². The number of carboxylic acids is 2. The lowest BCUT2D eigenvalue weighted by atomic mass is 10.1. The van der Waals surface area contributed by atoms with E-state index in [4.69, 9.17) is 9.84 Å². The highest BCUT2D eigenvalue weighted by Gasteiger charge is 2.14. The van der Waals surface area contributed by atoms with Crippen LogP contribution in [0.3, 0.4) is 0 Å². The topological polar surface area (TPSA) is 125 Å². The third kappa shape index (κ3) is 5.45. The molecule has 1 heterocycles. The number of hydrogen-bond donors (Lipinski definition) is 3. The highest BCUT2D eigenvalue weighted by atomic mass is 32.2. The van der Waals surface area contributed by atoms with Crippen molar-refractivity contribution in [2.45, 2.75) is 18.7 Å². The molecule has 0 atom stereocenters. The summed E-state index contributed by atoms with van der Waals surface area (Å²) in [5.41, 5.74) is 1.58. The molecule has 0 radical (unpaired) electrons. The Morgan fingerprint density at radius 3 is 2.48 bits per heavy atom. The Bertz CT molecular complexity index is 1060. The SMILES string of the molecule is Cc1nc(SC(=Cc2ccccc2OCc2ccc(C(=O)O)cc2)C(=O)O)n[nH]1. The molecule has 0 bridgehead atoms. The molecule has 8 nitrogen and oxygen atoms in total. The highest BCUT2D eigenvalue weighted by Crippen LogP contribution is 2.29. The molecule has 0 unspecified atom stereocenters. The van der Waals surface area contributed by atoms with E-state index in [0.717, 1.165) is 17.3 Å². The zero-order valence-corrected chi connectivity index (χ0v) is 16.1. The summed E-state index contributed by atoms with van der Waals surface area (Å²) in [6.45, 7) is 1.94. The van der Waals surface area contributed by atoms with Gasteiger partial charge in [-0.15, -0.1) is 5.10 Å². The molecule has 0 fully saturated rings. The van der Waals surface area contributed by atoms with E-state index in [1.165, 1.54) is 18.2 Å². The molecule has 3 N–H and O–H groups in total. The fraction of sp³-hybridized carbons (Fsp3) is 0.100. The molecule has 0 spiro atoms. The fourth-order valence-electron chi connectivity index (χ4n) is 2.38. The summed E-state index contributed by atoms with van der Waals surface area (Å²) in [5, 5.41) is 25.4. The minimum Gasteiger partial charge on any atom is -0.488 e. The van der Waals surface area contributed by atoms with Crippen molar-refractivity contribution in [3.05, 3.63) is 76.0 Å². The van der Waals surface area contributed by atoms with Crippen LogP contribution in [0.4, 0.5) is 0 Å². The molecule has 148 valence electrons. The summed E-state index contributed by atoms with van der Waals surface area (Å²) in [6, 6.07) is 13.4. The van der Waals surface area contributed by atoms with Crippen molar-refractivity contribution in [3.63, 3.8) is 0 Å². The van der Waals surface area contributed by atoms with Crippen molar-refractivity contribution in [3.8, 4) is 5.75 Å². The number of carboxylic acid groups (broad SMARTS) is 2. The van der Waals surface area contributed by atoms with Crippen LogP contribution < -0.4 is 4.74 Å². The Morgan fingerprint density at radius 1 is 1.14 bits per heavy atom.